The summed E-state index contributed by atoms with van der Waals surface area (Å²) in [6.45, 7) is 0. The van der Waals surface area contributed by atoms with Crippen LogP contribution in [0, 0.1) is 0 Å². The van der Waals surface area contributed by atoms with Crippen LogP contribution in [-0.4, -0.2) is 15.5 Å². The van der Waals surface area contributed by atoms with Crippen molar-refractivity contribution in [2.24, 2.45) is 0 Å². The van der Waals surface area contributed by atoms with Gasteiger partial charge in [0.25, 0.3) is 11.5 Å². The van der Waals surface area contributed by atoms with Crippen LogP contribution in [0.2, 0.25) is 0 Å². The van der Waals surface area contributed by atoms with Crippen LogP contribution in [0.3, 0.4) is 0 Å². The lowest BCUT2D eigenvalue weighted by atomic mass is 10.0. The van der Waals surface area contributed by atoms with Crippen LogP contribution in [0.4, 0.5) is 5.13 Å². The SMILES string of the molecule is O=C(Nc1nccs1)C(c1ccccc1)n1ccc2cc(Br)ccc2c1=O. The Morgan fingerprint density at radius 3 is 2.70 bits per heavy atom. The van der Waals surface area contributed by atoms with E-state index in [1.54, 1.807) is 23.8 Å². The van der Waals surface area contributed by atoms with Crippen LogP contribution >= 0.6 is 27.3 Å². The zero-order chi connectivity index (χ0) is 18.8. The number of pyridine rings is 1. The van der Waals surface area contributed by atoms with Gasteiger partial charge in [0, 0.05) is 27.6 Å². The van der Waals surface area contributed by atoms with Crippen LogP contribution in [0.5, 0.6) is 0 Å². The fraction of sp³-hybridized carbons (Fsp3) is 0.0500. The molecule has 7 heteroatoms. The van der Waals surface area contributed by atoms with E-state index in [2.05, 4.69) is 26.2 Å². The van der Waals surface area contributed by atoms with Gasteiger partial charge in [-0.15, -0.1) is 11.3 Å². The zero-order valence-electron chi connectivity index (χ0n) is 14.0. The van der Waals surface area contributed by atoms with E-state index in [-0.39, 0.29) is 11.5 Å². The molecule has 0 aliphatic rings. The maximum Gasteiger partial charge on any atom is 0.259 e. The Balaban J connectivity index is 1.85. The highest BCUT2D eigenvalue weighted by molar-refractivity contribution is 9.10. The van der Waals surface area contributed by atoms with Gasteiger partial charge in [0.2, 0.25) is 0 Å². The van der Waals surface area contributed by atoms with Gasteiger partial charge < -0.3 is 0 Å². The van der Waals surface area contributed by atoms with Crippen LogP contribution < -0.4 is 10.9 Å². The smallest absolute Gasteiger partial charge is 0.259 e. The minimum Gasteiger partial charge on any atom is -0.300 e. The van der Waals surface area contributed by atoms with Gasteiger partial charge in [-0.2, -0.15) is 0 Å². The molecule has 0 aliphatic carbocycles. The lowest BCUT2D eigenvalue weighted by Crippen LogP contribution is -2.33. The van der Waals surface area contributed by atoms with E-state index in [0.29, 0.717) is 10.5 Å². The third-order valence-corrected chi connectivity index (χ3v) is 5.38. The number of thiazole rings is 1. The normalized spacial score (nSPS) is 12.0. The number of fused-ring (bicyclic) bond motifs is 1. The van der Waals surface area contributed by atoms with Crippen molar-refractivity contribution in [3.63, 3.8) is 0 Å². The van der Waals surface area contributed by atoms with Crippen molar-refractivity contribution in [3.05, 3.63) is 92.8 Å². The third kappa shape index (κ3) is 3.56. The number of amides is 1. The first kappa shape index (κ1) is 17.6. The summed E-state index contributed by atoms with van der Waals surface area (Å²) in [5.74, 6) is -0.310. The predicted octanol–water partition coefficient (Wildman–Crippen LogP) is 4.45. The van der Waals surface area contributed by atoms with Crippen molar-refractivity contribution in [2.45, 2.75) is 6.04 Å². The lowest BCUT2D eigenvalue weighted by Gasteiger charge is -2.20. The minimum absolute atomic E-state index is 0.219. The van der Waals surface area contributed by atoms with Gasteiger partial charge in [-0.05, 0) is 35.2 Å². The van der Waals surface area contributed by atoms with Crippen molar-refractivity contribution in [3.8, 4) is 0 Å². The van der Waals surface area contributed by atoms with Crippen LogP contribution in [0.15, 0.2) is 81.6 Å². The van der Waals surface area contributed by atoms with Gasteiger partial charge in [-0.25, -0.2) is 4.98 Å². The molecule has 1 atom stereocenters. The van der Waals surface area contributed by atoms with Gasteiger partial charge in [0.15, 0.2) is 5.13 Å². The maximum atomic E-state index is 13.1. The molecular formula is C20H14BrN3O2S. The molecule has 0 radical (unpaired) electrons. The molecule has 27 heavy (non-hydrogen) atoms. The number of nitrogens with zero attached hydrogens (tertiary/aromatic N) is 2. The number of benzene rings is 2. The number of anilines is 1. The van der Waals surface area contributed by atoms with E-state index in [9.17, 15) is 9.59 Å². The number of nitrogens with one attached hydrogen (secondary N) is 1. The molecule has 2 aromatic heterocycles. The Bertz CT molecular complexity index is 1160. The average molecular weight is 440 g/mol. The summed E-state index contributed by atoms with van der Waals surface area (Å²) in [5, 5.41) is 6.46. The number of aromatic nitrogens is 2. The van der Waals surface area contributed by atoms with Crippen molar-refractivity contribution in [1.82, 2.24) is 9.55 Å². The summed E-state index contributed by atoms with van der Waals surface area (Å²) in [4.78, 5) is 30.3. The molecule has 0 spiro atoms. The van der Waals surface area contributed by atoms with Crippen molar-refractivity contribution >= 4 is 49.1 Å². The molecule has 134 valence electrons. The molecule has 0 aliphatic heterocycles. The molecule has 0 bridgehead atoms. The van der Waals surface area contributed by atoms with Gasteiger partial charge in [0.1, 0.15) is 6.04 Å². The largest absolute Gasteiger partial charge is 0.300 e. The van der Waals surface area contributed by atoms with Gasteiger partial charge >= 0.3 is 0 Å². The highest BCUT2D eigenvalue weighted by Crippen LogP contribution is 2.23. The topological polar surface area (TPSA) is 64.0 Å². The molecule has 1 N–H and O–H groups in total. The van der Waals surface area contributed by atoms with Crippen molar-refractivity contribution < 1.29 is 4.79 Å². The van der Waals surface area contributed by atoms with Crippen LogP contribution in [0.25, 0.3) is 10.8 Å². The molecule has 0 saturated heterocycles. The molecule has 1 unspecified atom stereocenters. The molecular weight excluding hydrogens is 426 g/mol. The highest BCUT2D eigenvalue weighted by Gasteiger charge is 2.24. The summed E-state index contributed by atoms with van der Waals surface area (Å²) in [5.41, 5.74) is 0.508. The molecule has 5 nitrogen and oxygen atoms in total. The summed E-state index contributed by atoms with van der Waals surface area (Å²) in [7, 11) is 0. The first-order valence-corrected chi connectivity index (χ1v) is 9.86. The Hall–Kier alpha value is -2.77. The van der Waals surface area contributed by atoms with Crippen LogP contribution in [-0.2, 0) is 4.79 Å². The van der Waals surface area contributed by atoms with Crippen LogP contribution in [0.1, 0.15) is 11.6 Å². The fourth-order valence-electron chi connectivity index (χ4n) is 2.97. The summed E-state index contributed by atoms with van der Waals surface area (Å²) in [6.07, 6.45) is 3.29. The van der Waals surface area contributed by atoms with Gasteiger partial charge in [0.05, 0.1) is 0 Å². The van der Waals surface area contributed by atoms with E-state index >= 15 is 0 Å². The van der Waals surface area contributed by atoms with Crippen molar-refractivity contribution in [2.75, 3.05) is 5.32 Å². The Morgan fingerprint density at radius 1 is 1.15 bits per heavy atom. The molecule has 0 fully saturated rings. The highest BCUT2D eigenvalue weighted by atomic mass is 79.9. The van der Waals surface area contributed by atoms with E-state index < -0.39 is 6.04 Å². The van der Waals surface area contributed by atoms with E-state index in [1.165, 1.54) is 15.9 Å². The summed E-state index contributed by atoms with van der Waals surface area (Å²) in [6, 6.07) is 15.8. The van der Waals surface area contributed by atoms with E-state index in [1.807, 2.05) is 48.5 Å². The number of carbonyl (C=O) groups is 1. The standard InChI is InChI=1S/C20H14BrN3O2S/c21-15-6-7-16-14(12-15)8-10-24(19(16)26)17(13-4-2-1-3-5-13)18(25)23-20-22-9-11-27-20/h1-12,17H,(H,22,23,25). The average Bonchev–Trinajstić information content (AvgIpc) is 3.17. The fourth-order valence-corrected chi connectivity index (χ4v) is 3.88. The minimum atomic E-state index is -0.796. The number of rotatable bonds is 4. The van der Waals surface area contributed by atoms with Gasteiger partial charge in [-0.3, -0.25) is 19.5 Å². The molecule has 4 rings (SSSR count). The second-order valence-corrected chi connectivity index (χ2v) is 7.71. The third-order valence-electron chi connectivity index (χ3n) is 4.20. The Labute approximate surface area is 167 Å². The molecule has 4 aromatic rings. The Morgan fingerprint density at radius 2 is 1.96 bits per heavy atom. The first-order valence-electron chi connectivity index (χ1n) is 8.19. The molecule has 2 aromatic carbocycles. The molecule has 1 amide bonds. The summed E-state index contributed by atoms with van der Waals surface area (Å²) < 4.78 is 2.36. The number of hydrogen-bond donors (Lipinski definition) is 1. The number of carbonyl (C=O) groups excluding carboxylic acids is 1. The number of halogens is 1. The van der Waals surface area contributed by atoms with Gasteiger partial charge in [-0.1, -0.05) is 46.3 Å². The van der Waals surface area contributed by atoms with Crippen molar-refractivity contribution in [1.29, 1.82) is 0 Å². The second-order valence-electron chi connectivity index (χ2n) is 5.90. The monoisotopic (exact) mass is 439 g/mol. The molecule has 0 saturated carbocycles. The first-order chi connectivity index (χ1) is 13.1. The summed E-state index contributed by atoms with van der Waals surface area (Å²) >= 11 is 4.75. The quantitative estimate of drug-likeness (QED) is 0.510. The lowest BCUT2D eigenvalue weighted by molar-refractivity contribution is -0.118. The van der Waals surface area contributed by atoms with E-state index in [0.717, 1.165) is 15.4 Å². The van der Waals surface area contributed by atoms with E-state index in [4.69, 9.17) is 0 Å². The predicted molar refractivity (Wildman–Crippen MR) is 111 cm³/mol. The Kier molecular flexibility index (Phi) is 4.87. The molecule has 2 heterocycles. The number of hydrogen-bond acceptors (Lipinski definition) is 4. The second kappa shape index (κ2) is 7.46. The maximum absolute atomic E-state index is 13.1. The zero-order valence-corrected chi connectivity index (χ0v) is 16.4.